The Bertz CT molecular complexity index is 347. The predicted molar refractivity (Wildman–Crippen MR) is 65.4 cm³/mol. The fraction of sp³-hybridized carbons (Fsp3) is 0.500. The molecule has 1 atom stereocenters. The van der Waals surface area contributed by atoms with Crippen molar-refractivity contribution in [1.29, 1.82) is 0 Å². The summed E-state index contributed by atoms with van der Waals surface area (Å²) < 4.78 is 0.992. The number of halogens is 1. The molecule has 1 aromatic rings. The first-order valence-corrected chi connectivity index (χ1v) is 6.63. The van der Waals surface area contributed by atoms with E-state index >= 15 is 0 Å². The van der Waals surface area contributed by atoms with E-state index in [1.807, 2.05) is 12.1 Å². The van der Waals surface area contributed by atoms with Crippen LogP contribution in [0.4, 0.5) is 0 Å². The van der Waals surface area contributed by atoms with Crippen LogP contribution in [0.2, 0.25) is 0 Å². The Morgan fingerprint density at radius 1 is 1.67 bits per heavy atom. The van der Waals surface area contributed by atoms with Crippen LogP contribution < -0.4 is 10.6 Å². The van der Waals surface area contributed by atoms with E-state index in [0.717, 1.165) is 28.2 Å². The Kier molecular flexibility index (Phi) is 3.77. The number of carbonyl (C=O) groups excluding carboxylic acids is 1. The maximum atomic E-state index is 11.7. The Morgan fingerprint density at radius 2 is 2.53 bits per heavy atom. The normalized spacial score (nSPS) is 20.5. The monoisotopic (exact) mass is 288 g/mol. The molecule has 3 nitrogen and oxygen atoms in total. The fourth-order valence-electron chi connectivity index (χ4n) is 1.67. The fourth-order valence-corrected chi connectivity index (χ4v) is 2.97. The second kappa shape index (κ2) is 5.09. The highest BCUT2D eigenvalue weighted by Crippen LogP contribution is 2.21. The highest BCUT2D eigenvalue weighted by atomic mass is 79.9. The van der Waals surface area contributed by atoms with Crippen LogP contribution in [0.25, 0.3) is 0 Å². The van der Waals surface area contributed by atoms with E-state index in [0.29, 0.717) is 6.04 Å². The molecule has 15 heavy (non-hydrogen) atoms. The lowest BCUT2D eigenvalue weighted by Crippen LogP contribution is -2.36. The molecule has 1 amide bonds. The lowest BCUT2D eigenvalue weighted by Gasteiger charge is -2.10. The van der Waals surface area contributed by atoms with Gasteiger partial charge in [-0.2, -0.15) is 0 Å². The summed E-state index contributed by atoms with van der Waals surface area (Å²) in [5.74, 6) is 0.0272. The second-order valence-corrected chi connectivity index (χ2v) is 6.07. The minimum atomic E-state index is 0.0272. The molecule has 5 heteroatoms. The van der Waals surface area contributed by atoms with Gasteiger partial charge in [-0.25, -0.2) is 0 Å². The smallest absolute Gasteiger partial charge is 0.261 e. The third-order valence-corrected chi connectivity index (χ3v) is 4.09. The quantitative estimate of drug-likeness (QED) is 0.893. The first-order chi connectivity index (χ1) is 7.25. The molecule has 0 aliphatic carbocycles. The van der Waals surface area contributed by atoms with Crippen molar-refractivity contribution in [2.75, 3.05) is 13.1 Å². The van der Waals surface area contributed by atoms with Gasteiger partial charge in [0, 0.05) is 12.6 Å². The highest BCUT2D eigenvalue weighted by Gasteiger charge is 2.15. The van der Waals surface area contributed by atoms with Gasteiger partial charge < -0.3 is 10.6 Å². The SMILES string of the molecule is O=C(NCC1CCCN1)c1ccc(Br)s1. The summed E-state index contributed by atoms with van der Waals surface area (Å²) in [6.45, 7) is 1.80. The van der Waals surface area contributed by atoms with Crippen LogP contribution in [-0.4, -0.2) is 25.0 Å². The van der Waals surface area contributed by atoms with E-state index in [1.165, 1.54) is 17.8 Å². The van der Waals surface area contributed by atoms with Gasteiger partial charge in [-0.05, 0) is 47.4 Å². The number of nitrogens with one attached hydrogen (secondary N) is 2. The summed E-state index contributed by atoms with van der Waals surface area (Å²) in [6.07, 6.45) is 2.37. The van der Waals surface area contributed by atoms with Crippen LogP contribution in [0.15, 0.2) is 15.9 Å². The maximum Gasteiger partial charge on any atom is 0.261 e. The van der Waals surface area contributed by atoms with E-state index < -0.39 is 0 Å². The third-order valence-electron chi connectivity index (χ3n) is 2.47. The van der Waals surface area contributed by atoms with Crippen LogP contribution in [0.5, 0.6) is 0 Å². The molecular formula is C10H13BrN2OS. The largest absolute Gasteiger partial charge is 0.350 e. The summed E-state index contributed by atoms with van der Waals surface area (Å²) in [5.41, 5.74) is 0. The van der Waals surface area contributed by atoms with Crippen LogP contribution in [0.1, 0.15) is 22.5 Å². The molecule has 1 aliphatic heterocycles. The van der Waals surface area contributed by atoms with Gasteiger partial charge in [0.25, 0.3) is 5.91 Å². The molecule has 0 radical (unpaired) electrons. The van der Waals surface area contributed by atoms with Crippen LogP contribution >= 0.6 is 27.3 Å². The Labute approximate surface area is 101 Å². The molecule has 1 aliphatic rings. The summed E-state index contributed by atoms with van der Waals surface area (Å²) in [7, 11) is 0. The molecule has 1 unspecified atom stereocenters. The van der Waals surface area contributed by atoms with Crippen molar-refractivity contribution in [3.05, 3.63) is 20.8 Å². The molecule has 0 spiro atoms. The summed E-state index contributed by atoms with van der Waals surface area (Å²) in [5, 5.41) is 6.29. The van der Waals surface area contributed by atoms with Gasteiger partial charge in [0.15, 0.2) is 0 Å². The number of hydrogen-bond acceptors (Lipinski definition) is 3. The van der Waals surface area contributed by atoms with Crippen molar-refractivity contribution in [3.63, 3.8) is 0 Å². The zero-order valence-corrected chi connectivity index (χ0v) is 10.7. The van der Waals surface area contributed by atoms with Crippen LogP contribution in [0, 0.1) is 0 Å². The first kappa shape index (κ1) is 11.1. The lowest BCUT2D eigenvalue weighted by molar-refractivity contribution is 0.0954. The Balaban J connectivity index is 1.81. The zero-order chi connectivity index (χ0) is 10.7. The number of thiophene rings is 1. The van der Waals surface area contributed by atoms with Crippen LogP contribution in [0.3, 0.4) is 0 Å². The summed E-state index contributed by atoms with van der Waals surface area (Å²) in [6, 6.07) is 4.19. The number of amides is 1. The van der Waals surface area contributed by atoms with E-state index in [-0.39, 0.29) is 5.91 Å². The standard InChI is InChI=1S/C10H13BrN2OS/c11-9-4-3-8(15-9)10(14)13-6-7-2-1-5-12-7/h3-4,7,12H,1-2,5-6H2,(H,13,14). The average Bonchev–Trinajstić information content (AvgIpc) is 2.84. The Hall–Kier alpha value is -0.390. The predicted octanol–water partition coefficient (Wildman–Crippen LogP) is 1.99. The van der Waals surface area contributed by atoms with E-state index in [1.54, 1.807) is 0 Å². The molecule has 0 aromatic carbocycles. The number of hydrogen-bond donors (Lipinski definition) is 2. The average molecular weight is 289 g/mol. The third kappa shape index (κ3) is 3.03. The van der Waals surface area contributed by atoms with Crippen molar-refractivity contribution in [1.82, 2.24) is 10.6 Å². The highest BCUT2D eigenvalue weighted by molar-refractivity contribution is 9.11. The van der Waals surface area contributed by atoms with Gasteiger partial charge in [-0.3, -0.25) is 4.79 Å². The van der Waals surface area contributed by atoms with Crippen molar-refractivity contribution in [3.8, 4) is 0 Å². The number of rotatable bonds is 3. The zero-order valence-electron chi connectivity index (χ0n) is 8.25. The van der Waals surface area contributed by atoms with E-state index in [9.17, 15) is 4.79 Å². The minimum Gasteiger partial charge on any atom is -0.350 e. The van der Waals surface area contributed by atoms with Gasteiger partial charge in [0.2, 0.25) is 0 Å². The van der Waals surface area contributed by atoms with E-state index in [2.05, 4.69) is 26.6 Å². The molecule has 0 bridgehead atoms. The Morgan fingerprint density at radius 3 is 3.13 bits per heavy atom. The minimum absolute atomic E-state index is 0.0272. The van der Waals surface area contributed by atoms with Gasteiger partial charge in [0.05, 0.1) is 8.66 Å². The van der Waals surface area contributed by atoms with Crippen molar-refractivity contribution < 1.29 is 4.79 Å². The van der Waals surface area contributed by atoms with Gasteiger partial charge >= 0.3 is 0 Å². The molecule has 82 valence electrons. The molecule has 1 aromatic heterocycles. The van der Waals surface area contributed by atoms with Crippen molar-refractivity contribution in [2.24, 2.45) is 0 Å². The molecular weight excluding hydrogens is 276 g/mol. The van der Waals surface area contributed by atoms with Crippen LogP contribution in [-0.2, 0) is 0 Å². The lowest BCUT2D eigenvalue weighted by atomic mass is 10.2. The summed E-state index contributed by atoms with van der Waals surface area (Å²) in [4.78, 5) is 12.4. The van der Waals surface area contributed by atoms with Gasteiger partial charge in [-0.1, -0.05) is 0 Å². The molecule has 0 saturated carbocycles. The topological polar surface area (TPSA) is 41.1 Å². The first-order valence-electron chi connectivity index (χ1n) is 5.02. The molecule has 1 fully saturated rings. The maximum absolute atomic E-state index is 11.7. The molecule has 2 heterocycles. The van der Waals surface area contributed by atoms with E-state index in [4.69, 9.17) is 0 Å². The van der Waals surface area contributed by atoms with Crippen molar-refractivity contribution >= 4 is 33.2 Å². The second-order valence-electron chi connectivity index (χ2n) is 3.61. The van der Waals surface area contributed by atoms with Gasteiger partial charge in [-0.15, -0.1) is 11.3 Å². The molecule has 2 rings (SSSR count). The summed E-state index contributed by atoms with van der Waals surface area (Å²) >= 11 is 4.81. The molecule has 1 saturated heterocycles. The number of carbonyl (C=O) groups is 1. The van der Waals surface area contributed by atoms with Gasteiger partial charge in [0.1, 0.15) is 0 Å². The van der Waals surface area contributed by atoms with Crippen molar-refractivity contribution in [2.45, 2.75) is 18.9 Å². The molecule has 2 N–H and O–H groups in total.